The summed E-state index contributed by atoms with van der Waals surface area (Å²) in [6.45, 7) is 3.54. The van der Waals surface area contributed by atoms with Crippen LogP contribution in [0.1, 0.15) is 49.0 Å². The number of hydrogen-bond donors (Lipinski definition) is 1. The maximum atomic E-state index is 12.4. The molecule has 3 heterocycles. The van der Waals surface area contributed by atoms with Crippen LogP contribution in [0.15, 0.2) is 10.9 Å². The zero-order valence-corrected chi connectivity index (χ0v) is 15.3. The van der Waals surface area contributed by atoms with Gasteiger partial charge in [-0.25, -0.2) is 4.98 Å². The predicted molar refractivity (Wildman–Crippen MR) is 96.5 cm³/mol. The summed E-state index contributed by atoms with van der Waals surface area (Å²) in [6.07, 6.45) is 6.39. The van der Waals surface area contributed by atoms with Crippen molar-refractivity contribution in [1.29, 1.82) is 0 Å². The van der Waals surface area contributed by atoms with Crippen LogP contribution in [0.5, 0.6) is 0 Å². The van der Waals surface area contributed by atoms with E-state index in [1.807, 2.05) is 10.3 Å². The van der Waals surface area contributed by atoms with Crippen LogP contribution in [0, 0.1) is 5.92 Å². The molecule has 1 aromatic rings. The number of rotatable bonds is 4. The van der Waals surface area contributed by atoms with E-state index in [1.54, 1.807) is 5.51 Å². The molecule has 1 aliphatic carbocycles. The van der Waals surface area contributed by atoms with Crippen LogP contribution in [0.2, 0.25) is 0 Å². The fourth-order valence-electron chi connectivity index (χ4n) is 4.01. The Balaban J connectivity index is 1.28. The monoisotopic (exact) mass is 362 g/mol. The highest BCUT2D eigenvalue weighted by molar-refractivity contribution is 7.07. The van der Waals surface area contributed by atoms with Crippen molar-refractivity contribution in [3.05, 3.63) is 16.6 Å². The zero-order valence-electron chi connectivity index (χ0n) is 14.5. The Bertz CT molecular complexity index is 609. The molecule has 1 atom stereocenters. The summed E-state index contributed by atoms with van der Waals surface area (Å²) in [6, 6.07) is 0.943. The highest BCUT2D eigenvalue weighted by Gasteiger charge is 2.34. The third-order valence-corrected chi connectivity index (χ3v) is 6.25. The standard InChI is InChI=1S/C18H26N4O2S/c23-17(20-14-3-4-14)13-2-1-7-22(10-13)15-5-8-21(9-6-15)18(24)16-11-25-12-19-16/h11-15H,1-10H2,(H,20,23)/t13-/m1/s1. The molecular formula is C18H26N4O2S. The highest BCUT2D eigenvalue weighted by atomic mass is 32.1. The summed E-state index contributed by atoms with van der Waals surface area (Å²) in [5.74, 6) is 0.451. The SMILES string of the molecule is O=C(NC1CC1)[C@@H]1CCCN(C2CCN(C(=O)c3cscn3)CC2)C1. The minimum absolute atomic E-state index is 0.0556. The van der Waals surface area contributed by atoms with Gasteiger partial charge in [0.1, 0.15) is 5.69 Å². The summed E-state index contributed by atoms with van der Waals surface area (Å²) in [5.41, 5.74) is 2.28. The minimum Gasteiger partial charge on any atom is -0.353 e. The van der Waals surface area contributed by atoms with Gasteiger partial charge in [0, 0.05) is 37.1 Å². The summed E-state index contributed by atoms with van der Waals surface area (Å²) >= 11 is 1.46. The van der Waals surface area contributed by atoms with Gasteiger partial charge in [0.15, 0.2) is 0 Å². The van der Waals surface area contributed by atoms with Crippen LogP contribution < -0.4 is 5.32 Å². The first-order chi connectivity index (χ1) is 12.2. The fourth-order valence-corrected chi connectivity index (χ4v) is 4.54. The number of piperidine rings is 2. The van der Waals surface area contributed by atoms with Gasteiger partial charge in [-0.15, -0.1) is 11.3 Å². The second-order valence-electron chi connectivity index (χ2n) is 7.51. The van der Waals surface area contributed by atoms with Crippen molar-refractivity contribution in [2.75, 3.05) is 26.2 Å². The van der Waals surface area contributed by atoms with Crippen LogP contribution in [-0.2, 0) is 4.79 Å². The van der Waals surface area contributed by atoms with Gasteiger partial charge in [-0.2, -0.15) is 0 Å². The Labute approximate surface area is 152 Å². The lowest BCUT2D eigenvalue weighted by atomic mass is 9.93. The van der Waals surface area contributed by atoms with E-state index < -0.39 is 0 Å². The lowest BCUT2D eigenvalue weighted by Gasteiger charge is -2.42. The number of nitrogens with one attached hydrogen (secondary N) is 1. The van der Waals surface area contributed by atoms with Crippen molar-refractivity contribution in [3.63, 3.8) is 0 Å². The number of carbonyl (C=O) groups excluding carboxylic acids is 2. The molecule has 136 valence electrons. The maximum absolute atomic E-state index is 12.4. The van der Waals surface area contributed by atoms with Crippen LogP contribution in [0.4, 0.5) is 0 Å². The molecule has 6 nitrogen and oxygen atoms in total. The third-order valence-electron chi connectivity index (χ3n) is 5.67. The van der Waals surface area contributed by atoms with E-state index in [9.17, 15) is 9.59 Å². The second kappa shape index (κ2) is 7.41. The van der Waals surface area contributed by atoms with Gasteiger partial charge in [-0.3, -0.25) is 14.5 Å². The molecule has 4 rings (SSSR count). The van der Waals surface area contributed by atoms with E-state index in [-0.39, 0.29) is 17.7 Å². The van der Waals surface area contributed by atoms with Gasteiger partial charge in [0.2, 0.25) is 5.91 Å². The number of hydrogen-bond acceptors (Lipinski definition) is 5. The second-order valence-corrected chi connectivity index (χ2v) is 8.23. The normalized spacial score (nSPS) is 25.8. The van der Waals surface area contributed by atoms with E-state index in [1.165, 1.54) is 11.3 Å². The lowest BCUT2D eigenvalue weighted by Crippen LogP contribution is -2.51. The first-order valence-electron chi connectivity index (χ1n) is 9.42. The molecule has 0 spiro atoms. The smallest absolute Gasteiger partial charge is 0.273 e. The van der Waals surface area contributed by atoms with E-state index in [0.717, 1.165) is 64.7 Å². The van der Waals surface area contributed by atoms with Crippen LogP contribution >= 0.6 is 11.3 Å². The Hall–Kier alpha value is -1.47. The van der Waals surface area contributed by atoms with Crippen molar-refractivity contribution < 1.29 is 9.59 Å². The maximum Gasteiger partial charge on any atom is 0.273 e. The first-order valence-corrected chi connectivity index (χ1v) is 10.4. The molecule has 2 amide bonds. The van der Waals surface area contributed by atoms with Crippen molar-refractivity contribution in [2.24, 2.45) is 5.92 Å². The van der Waals surface area contributed by atoms with E-state index >= 15 is 0 Å². The minimum atomic E-state index is 0.0556. The summed E-state index contributed by atoms with van der Waals surface area (Å²) in [7, 11) is 0. The topological polar surface area (TPSA) is 65.5 Å². The Kier molecular flexibility index (Phi) is 5.03. The number of likely N-dealkylation sites (tertiary alicyclic amines) is 2. The molecule has 0 radical (unpaired) electrons. The van der Waals surface area contributed by atoms with E-state index in [0.29, 0.717) is 17.8 Å². The number of aromatic nitrogens is 1. The summed E-state index contributed by atoms with van der Waals surface area (Å²) in [5, 5.41) is 4.98. The number of amides is 2. The Morgan fingerprint density at radius 1 is 1.12 bits per heavy atom. The number of carbonyl (C=O) groups is 2. The molecular weight excluding hydrogens is 336 g/mol. The average Bonchev–Trinajstić information content (AvgIpc) is 3.30. The molecule has 7 heteroatoms. The lowest BCUT2D eigenvalue weighted by molar-refractivity contribution is -0.127. The predicted octanol–water partition coefficient (Wildman–Crippen LogP) is 1.74. The largest absolute Gasteiger partial charge is 0.353 e. The number of thiazole rings is 1. The fraction of sp³-hybridized carbons (Fsp3) is 0.722. The zero-order chi connectivity index (χ0) is 17.2. The number of nitrogens with zero attached hydrogens (tertiary/aromatic N) is 3. The summed E-state index contributed by atoms with van der Waals surface area (Å²) in [4.78, 5) is 33.3. The quantitative estimate of drug-likeness (QED) is 0.886. The first kappa shape index (κ1) is 17.0. The van der Waals surface area contributed by atoms with Gasteiger partial charge >= 0.3 is 0 Å². The molecule has 2 aliphatic heterocycles. The molecule has 1 aromatic heterocycles. The van der Waals surface area contributed by atoms with Crippen molar-refractivity contribution in [2.45, 2.75) is 50.6 Å². The molecule has 0 aromatic carbocycles. The molecule has 2 saturated heterocycles. The van der Waals surface area contributed by atoms with Gasteiger partial charge < -0.3 is 10.2 Å². The van der Waals surface area contributed by atoms with Gasteiger partial charge in [-0.05, 0) is 45.1 Å². The molecule has 25 heavy (non-hydrogen) atoms. The molecule has 3 aliphatic rings. The van der Waals surface area contributed by atoms with E-state index in [2.05, 4.69) is 15.2 Å². The van der Waals surface area contributed by atoms with Gasteiger partial charge in [0.05, 0.1) is 11.4 Å². The highest BCUT2D eigenvalue weighted by Crippen LogP contribution is 2.26. The summed E-state index contributed by atoms with van der Waals surface area (Å²) < 4.78 is 0. The third kappa shape index (κ3) is 4.03. The Morgan fingerprint density at radius 3 is 2.60 bits per heavy atom. The molecule has 0 bridgehead atoms. The van der Waals surface area contributed by atoms with E-state index in [4.69, 9.17) is 0 Å². The van der Waals surface area contributed by atoms with Crippen LogP contribution in [0.3, 0.4) is 0 Å². The molecule has 1 saturated carbocycles. The van der Waals surface area contributed by atoms with Crippen molar-refractivity contribution >= 4 is 23.2 Å². The average molecular weight is 362 g/mol. The van der Waals surface area contributed by atoms with Crippen LogP contribution in [-0.4, -0.2) is 64.9 Å². The van der Waals surface area contributed by atoms with Gasteiger partial charge in [0.25, 0.3) is 5.91 Å². The van der Waals surface area contributed by atoms with Crippen molar-refractivity contribution in [3.8, 4) is 0 Å². The van der Waals surface area contributed by atoms with Crippen molar-refractivity contribution in [1.82, 2.24) is 20.1 Å². The van der Waals surface area contributed by atoms with Crippen LogP contribution in [0.25, 0.3) is 0 Å². The Morgan fingerprint density at radius 2 is 1.92 bits per heavy atom. The van der Waals surface area contributed by atoms with Gasteiger partial charge in [-0.1, -0.05) is 0 Å². The molecule has 0 unspecified atom stereocenters. The molecule has 1 N–H and O–H groups in total. The molecule has 3 fully saturated rings.